The van der Waals surface area contributed by atoms with Crippen molar-refractivity contribution in [1.29, 1.82) is 0 Å². The highest BCUT2D eigenvalue weighted by atomic mass is 28.4. The van der Waals surface area contributed by atoms with Gasteiger partial charge in [0.2, 0.25) is 8.32 Å². The van der Waals surface area contributed by atoms with Gasteiger partial charge in [0.25, 0.3) is 0 Å². The highest BCUT2D eigenvalue weighted by Crippen LogP contribution is 2.37. The fourth-order valence-corrected chi connectivity index (χ4v) is 2.58. The molecular weight excluding hydrogens is 304 g/mol. The van der Waals surface area contributed by atoms with E-state index >= 15 is 0 Å². The molecule has 0 aliphatic rings. The van der Waals surface area contributed by atoms with Crippen LogP contribution in [0.4, 0.5) is 0 Å². The Morgan fingerprint density at radius 2 is 1.52 bits per heavy atom. The summed E-state index contributed by atoms with van der Waals surface area (Å²) in [6.45, 7) is 20.9. The van der Waals surface area contributed by atoms with Gasteiger partial charge in [-0.3, -0.25) is 0 Å². The number of allylic oxidation sites excluding steroid dienone is 1. The summed E-state index contributed by atoms with van der Waals surface area (Å²) in [5.41, 5.74) is 0. The summed E-state index contributed by atoms with van der Waals surface area (Å²) < 4.78 is 17.7. The molecule has 0 aromatic carbocycles. The Morgan fingerprint density at radius 1 is 1.04 bits per heavy atom. The lowest BCUT2D eigenvalue weighted by Crippen LogP contribution is -2.40. The SMILES string of the molecule is C=C(/C=C/C(OCCCC)OCCCC)O[Si](C)(C)C(C)(C)C. The molecule has 0 amide bonds. The van der Waals surface area contributed by atoms with Gasteiger partial charge >= 0.3 is 0 Å². The third kappa shape index (κ3) is 10.00. The van der Waals surface area contributed by atoms with Crippen LogP contribution in [0.25, 0.3) is 0 Å². The van der Waals surface area contributed by atoms with Crippen LogP contribution in [-0.4, -0.2) is 27.8 Å². The first kappa shape index (κ1) is 22.4. The average molecular weight is 343 g/mol. The van der Waals surface area contributed by atoms with Crippen LogP contribution in [0.1, 0.15) is 60.3 Å². The molecule has 0 aromatic rings. The molecule has 136 valence electrons. The molecule has 0 aromatic heterocycles. The first-order valence-corrected chi connectivity index (χ1v) is 11.8. The molecule has 0 heterocycles. The largest absolute Gasteiger partial charge is 0.544 e. The molecule has 0 saturated heterocycles. The van der Waals surface area contributed by atoms with Gasteiger partial charge in [-0.05, 0) is 43.1 Å². The van der Waals surface area contributed by atoms with Crippen LogP contribution in [0.5, 0.6) is 0 Å². The van der Waals surface area contributed by atoms with Gasteiger partial charge in [-0.2, -0.15) is 0 Å². The van der Waals surface area contributed by atoms with Crippen LogP contribution in [0.3, 0.4) is 0 Å². The standard InChI is InChI=1S/C19H38O3Si/c1-9-11-15-20-18(21-16-12-10-2)14-13-17(3)22-23(7,8)19(4,5)6/h13-14,18H,3,9-12,15-16H2,1-2,4-8H3/b14-13+. The van der Waals surface area contributed by atoms with Gasteiger partial charge in [0, 0.05) is 0 Å². The van der Waals surface area contributed by atoms with Gasteiger partial charge in [0.05, 0.1) is 19.0 Å². The van der Waals surface area contributed by atoms with E-state index in [0.29, 0.717) is 19.0 Å². The molecule has 4 heteroatoms. The molecule has 0 bridgehead atoms. The fraction of sp³-hybridized carbons (Fsp3) is 0.789. The predicted octanol–water partition coefficient (Wildman–Crippen LogP) is 6.04. The molecule has 0 radical (unpaired) electrons. The van der Waals surface area contributed by atoms with E-state index in [2.05, 4.69) is 54.3 Å². The lowest BCUT2D eigenvalue weighted by Gasteiger charge is -2.36. The molecule has 0 spiro atoms. The van der Waals surface area contributed by atoms with Crippen LogP contribution in [0.15, 0.2) is 24.5 Å². The smallest absolute Gasteiger partial charge is 0.250 e. The Kier molecular flexibility index (Phi) is 10.8. The summed E-state index contributed by atoms with van der Waals surface area (Å²) >= 11 is 0. The van der Waals surface area contributed by atoms with Gasteiger partial charge in [-0.15, -0.1) is 0 Å². The van der Waals surface area contributed by atoms with Crippen LogP contribution in [0, 0.1) is 0 Å². The van der Waals surface area contributed by atoms with Crippen molar-refractivity contribution >= 4 is 8.32 Å². The van der Waals surface area contributed by atoms with Crippen molar-refractivity contribution in [3.8, 4) is 0 Å². The van der Waals surface area contributed by atoms with Crippen molar-refractivity contribution in [3.05, 3.63) is 24.5 Å². The van der Waals surface area contributed by atoms with E-state index in [9.17, 15) is 0 Å². The summed E-state index contributed by atoms with van der Waals surface area (Å²) in [5, 5.41) is 0.165. The minimum atomic E-state index is -1.83. The second kappa shape index (κ2) is 11.1. The molecule has 0 unspecified atom stereocenters. The quantitative estimate of drug-likeness (QED) is 0.142. The third-order valence-electron chi connectivity index (χ3n) is 4.19. The molecule has 3 nitrogen and oxygen atoms in total. The van der Waals surface area contributed by atoms with E-state index in [1.807, 2.05) is 12.2 Å². The molecule has 0 N–H and O–H groups in total. The van der Waals surface area contributed by atoms with Crippen molar-refractivity contribution in [3.63, 3.8) is 0 Å². The minimum Gasteiger partial charge on any atom is -0.544 e. The topological polar surface area (TPSA) is 27.7 Å². The van der Waals surface area contributed by atoms with Crippen molar-refractivity contribution in [1.82, 2.24) is 0 Å². The van der Waals surface area contributed by atoms with Crippen molar-refractivity contribution < 1.29 is 13.9 Å². The molecule has 23 heavy (non-hydrogen) atoms. The molecule has 0 fully saturated rings. The maximum Gasteiger partial charge on any atom is 0.250 e. The summed E-state index contributed by atoms with van der Waals surface area (Å²) in [7, 11) is -1.83. The monoisotopic (exact) mass is 342 g/mol. The van der Waals surface area contributed by atoms with Crippen LogP contribution in [-0.2, 0) is 13.9 Å². The number of hydrogen-bond acceptors (Lipinski definition) is 3. The predicted molar refractivity (Wildman–Crippen MR) is 102 cm³/mol. The van der Waals surface area contributed by atoms with E-state index in [1.54, 1.807) is 0 Å². The highest BCUT2D eigenvalue weighted by Gasteiger charge is 2.38. The lowest BCUT2D eigenvalue weighted by atomic mass is 10.2. The Morgan fingerprint density at radius 3 is 1.91 bits per heavy atom. The Hall–Kier alpha value is -0.583. The summed E-state index contributed by atoms with van der Waals surface area (Å²) in [6.07, 6.45) is 7.82. The molecule has 0 saturated carbocycles. The van der Waals surface area contributed by atoms with E-state index in [0.717, 1.165) is 25.7 Å². The first-order valence-electron chi connectivity index (χ1n) is 8.93. The summed E-state index contributed by atoms with van der Waals surface area (Å²) in [5.74, 6) is 0.694. The first-order chi connectivity index (χ1) is 10.6. The molecule has 0 rings (SSSR count). The fourth-order valence-electron chi connectivity index (χ4n) is 1.55. The maximum absolute atomic E-state index is 6.15. The van der Waals surface area contributed by atoms with E-state index < -0.39 is 8.32 Å². The zero-order valence-electron chi connectivity index (χ0n) is 16.4. The molecular formula is C19H38O3Si. The Labute approximate surface area is 145 Å². The number of ether oxygens (including phenoxy) is 2. The van der Waals surface area contributed by atoms with Gasteiger partial charge in [0.15, 0.2) is 6.29 Å². The van der Waals surface area contributed by atoms with Gasteiger partial charge < -0.3 is 13.9 Å². The van der Waals surface area contributed by atoms with Crippen molar-refractivity contribution in [2.75, 3.05) is 13.2 Å². The average Bonchev–Trinajstić information content (AvgIpc) is 2.43. The number of hydrogen-bond donors (Lipinski definition) is 0. The van der Waals surface area contributed by atoms with Crippen LogP contribution in [0.2, 0.25) is 18.1 Å². The van der Waals surface area contributed by atoms with Crippen molar-refractivity contribution in [2.24, 2.45) is 0 Å². The van der Waals surface area contributed by atoms with Crippen molar-refractivity contribution in [2.45, 2.75) is 84.7 Å². The van der Waals surface area contributed by atoms with Gasteiger partial charge in [0.1, 0.15) is 0 Å². The van der Waals surface area contributed by atoms with Gasteiger partial charge in [-0.25, -0.2) is 0 Å². The zero-order chi connectivity index (χ0) is 17.9. The van der Waals surface area contributed by atoms with E-state index in [-0.39, 0.29) is 11.3 Å². The number of rotatable bonds is 12. The number of unbranched alkanes of at least 4 members (excludes halogenated alkanes) is 2. The van der Waals surface area contributed by atoms with Gasteiger partial charge in [-0.1, -0.05) is 54.0 Å². The normalized spacial score (nSPS) is 13.0. The summed E-state index contributed by atoms with van der Waals surface area (Å²) in [6, 6.07) is 0. The molecule has 0 aliphatic heterocycles. The minimum absolute atomic E-state index is 0.165. The van der Waals surface area contributed by atoms with Crippen LogP contribution < -0.4 is 0 Å². The van der Waals surface area contributed by atoms with Crippen LogP contribution >= 0.6 is 0 Å². The Bertz CT molecular complexity index is 346. The Balaban J connectivity index is 4.57. The lowest BCUT2D eigenvalue weighted by molar-refractivity contribution is -0.112. The molecule has 0 aliphatic carbocycles. The zero-order valence-corrected chi connectivity index (χ0v) is 17.4. The maximum atomic E-state index is 6.15. The second-order valence-corrected chi connectivity index (χ2v) is 12.2. The second-order valence-electron chi connectivity index (χ2n) is 7.50. The summed E-state index contributed by atoms with van der Waals surface area (Å²) in [4.78, 5) is 0. The van der Waals surface area contributed by atoms with E-state index in [4.69, 9.17) is 13.9 Å². The third-order valence-corrected chi connectivity index (χ3v) is 8.58. The highest BCUT2D eigenvalue weighted by molar-refractivity contribution is 6.74. The molecule has 0 atom stereocenters. The van der Waals surface area contributed by atoms with E-state index in [1.165, 1.54) is 0 Å².